The highest BCUT2D eigenvalue weighted by Gasteiger charge is 2.13. The van der Waals surface area contributed by atoms with E-state index in [-0.39, 0.29) is 12.8 Å². The number of benzene rings is 2. The molecule has 170 valence electrons. The maximum atomic E-state index is 6.36. The second kappa shape index (κ2) is 16.7. The zero-order valence-corrected chi connectivity index (χ0v) is 19.2. The van der Waals surface area contributed by atoms with Crippen LogP contribution in [0.2, 0.25) is 0 Å². The molecule has 0 bridgehead atoms. The van der Waals surface area contributed by atoms with Gasteiger partial charge in [-0.3, -0.25) is 5.01 Å². The monoisotopic (exact) mass is 428 g/mol. The molecular formula is C24H36N4O3. The summed E-state index contributed by atoms with van der Waals surface area (Å²) >= 11 is 0. The van der Waals surface area contributed by atoms with Crippen molar-refractivity contribution >= 4 is 11.5 Å². The van der Waals surface area contributed by atoms with Gasteiger partial charge in [0.15, 0.2) is 5.84 Å². The zero-order chi connectivity index (χ0) is 23.6. The molecule has 0 saturated heterocycles. The molecule has 31 heavy (non-hydrogen) atoms. The van der Waals surface area contributed by atoms with Crippen LogP contribution in [0.15, 0.2) is 53.5 Å². The van der Waals surface area contributed by atoms with Gasteiger partial charge < -0.3 is 19.9 Å². The molecule has 0 saturated carbocycles. The van der Waals surface area contributed by atoms with Crippen molar-refractivity contribution in [2.75, 3.05) is 32.0 Å². The molecule has 2 rings (SSSR count). The van der Waals surface area contributed by atoms with E-state index in [2.05, 4.69) is 17.8 Å². The van der Waals surface area contributed by atoms with Crippen LogP contribution in [0, 0.1) is 12.8 Å². The molecule has 0 heterocycles. The van der Waals surface area contributed by atoms with Crippen molar-refractivity contribution in [1.82, 2.24) is 0 Å². The van der Waals surface area contributed by atoms with E-state index in [4.69, 9.17) is 25.8 Å². The number of amidine groups is 1. The minimum atomic E-state index is 0.0780. The third-order valence-electron chi connectivity index (χ3n) is 3.70. The number of nitrogens with zero attached hydrogens (tertiary/aromatic N) is 2. The molecule has 0 unspecified atom stereocenters. The first-order valence-corrected chi connectivity index (χ1v) is 10.2. The molecule has 2 aromatic carbocycles. The van der Waals surface area contributed by atoms with Crippen LogP contribution in [-0.4, -0.2) is 38.9 Å². The molecule has 2 aromatic rings. The first-order valence-electron chi connectivity index (χ1n) is 10.2. The number of hydrazine groups is 1. The molecule has 7 nitrogen and oxygen atoms in total. The van der Waals surface area contributed by atoms with Crippen molar-refractivity contribution in [1.29, 1.82) is 0 Å². The standard InChI is InChI=1S/C20H28N4O3.C2H6.C2H2/c1-15(2)27-14-23-20(16-4-8-19(9-5-16)26-13-12-21)24(22)17-6-10-18(25-3)11-7-17;2*1-2/h4-11,15H,12-14,21-22H2,1-3H3;1-2H3;1-2H/b23-20-;;. The second-order valence-corrected chi connectivity index (χ2v) is 6.06. The minimum absolute atomic E-state index is 0.0780. The van der Waals surface area contributed by atoms with E-state index in [0.29, 0.717) is 19.0 Å². The largest absolute Gasteiger partial charge is 0.497 e. The zero-order valence-electron chi connectivity index (χ0n) is 19.2. The highest BCUT2D eigenvalue weighted by Crippen LogP contribution is 2.20. The van der Waals surface area contributed by atoms with Gasteiger partial charge in [-0.2, -0.15) is 0 Å². The first kappa shape index (κ1) is 27.9. The molecule has 0 aliphatic rings. The Morgan fingerprint density at radius 1 is 1.00 bits per heavy atom. The Kier molecular flexibility index (Phi) is 15.1. The predicted molar refractivity (Wildman–Crippen MR) is 130 cm³/mol. The van der Waals surface area contributed by atoms with Gasteiger partial charge in [-0.15, -0.1) is 12.8 Å². The van der Waals surface area contributed by atoms with Crippen LogP contribution in [0.3, 0.4) is 0 Å². The lowest BCUT2D eigenvalue weighted by atomic mass is 10.1. The number of nitrogens with two attached hydrogens (primary N) is 2. The van der Waals surface area contributed by atoms with E-state index in [1.54, 1.807) is 7.11 Å². The van der Waals surface area contributed by atoms with Gasteiger partial charge in [0.25, 0.3) is 0 Å². The summed E-state index contributed by atoms with van der Waals surface area (Å²) in [4.78, 5) is 4.55. The third-order valence-corrected chi connectivity index (χ3v) is 3.70. The fourth-order valence-electron chi connectivity index (χ4n) is 2.30. The maximum absolute atomic E-state index is 6.36. The van der Waals surface area contributed by atoms with Crippen molar-refractivity contribution < 1.29 is 14.2 Å². The summed E-state index contributed by atoms with van der Waals surface area (Å²) in [6, 6.07) is 15.0. The Labute approximate surface area is 187 Å². The number of terminal acetylenes is 1. The summed E-state index contributed by atoms with van der Waals surface area (Å²) in [6.07, 6.45) is 8.08. The lowest BCUT2D eigenvalue weighted by molar-refractivity contribution is 0.0854. The van der Waals surface area contributed by atoms with Crippen LogP contribution in [0.5, 0.6) is 11.5 Å². The Balaban J connectivity index is 0.00000212. The second-order valence-electron chi connectivity index (χ2n) is 6.06. The Bertz CT molecular complexity index is 757. The van der Waals surface area contributed by atoms with Crippen molar-refractivity contribution in [2.45, 2.75) is 33.8 Å². The molecule has 0 aliphatic carbocycles. The molecule has 0 amide bonds. The summed E-state index contributed by atoms with van der Waals surface area (Å²) in [5.41, 5.74) is 7.10. The van der Waals surface area contributed by atoms with Crippen LogP contribution < -0.4 is 26.1 Å². The highest BCUT2D eigenvalue weighted by molar-refractivity contribution is 6.09. The third kappa shape index (κ3) is 10.0. The molecule has 0 spiro atoms. The van der Waals surface area contributed by atoms with Crippen molar-refractivity contribution in [2.24, 2.45) is 16.6 Å². The average Bonchev–Trinajstić information content (AvgIpc) is 2.83. The molecule has 7 heteroatoms. The highest BCUT2D eigenvalue weighted by atomic mass is 16.5. The van der Waals surface area contributed by atoms with Crippen LogP contribution >= 0.6 is 0 Å². The summed E-state index contributed by atoms with van der Waals surface area (Å²) in [5, 5.41) is 1.53. The molecule has 0 radical (unpaired) electrons. The molecule has 0 aromatic heterocycles. The van der Waals surface area contributed by atoms with Gasteiger partial charge in [-0.25, -0.2) is 10.8 Å². The Hall–Kier alpha value is -3.05. The molecule has 0 aliphatic heterocycles. The van der Waals surface area contributed by atoms with Gasteiger partial charge >= 0.3 is 0 Å². The lowest BCUT2D eigenvalue weighted by Gasteiger charge is -2.22. The number of aliphatic imine (C=N–C) groups is 1. The van der Waals surface area contributed by atoms with Crippen LogP contribution in [0.4, 0.5) is 5.69 Å². The van der Waals surface area contributed by atoms with Crippen molar-refractivity contribution in [3.63, 3.8) is 0 Å². The van der Waals surface area contributed by atoms with E-state index in [0.717, 1.165) is 22.7 Å². The SMILES string of the molecule is C#C.CC.COc1ccc(N(N)/C(=N\COC(C)C)c2ccc(OCCN)cc2)cc1. The number of methoxy groups -OCH3 is 1. The summed E-state index contributed by atoms with van der Waals surface area (Å²) in [5.74, 6) is 8.45. The van der Waals surface area contributed by atoms with E-state index in [1.165, 1.54) is 5.01 Å². The minimum Gasteiger partial charge on any atom is -0.497 e. The first-order chi connectivity index (χ1) is 15.0. The summed E-state index contributed by atoms with van der Waals surface area (Å²) in [7, 11) is 1.62. The summed E-state index contributed by atoms with van der Waals surface area (Å²) in [6.45, 7) is 9.07. The predicted octanol–water partition coefficient (Wildman–Crippen LogP) is 3.82. The number of ether oxygens (including phenoxy) is 3. The number of hydrogen-bond acceptors (Lipinski definition) is 6. The molecule has 0 fully saturated rings. The van der Waals surface area contributed by atoms with Gasteiger partial charge in [0.2, 0.25) is 0 Å². The van der Waals surface area contributed by atoms with E-state index in [1.807, 2.05) is 76.2 Å². The van der Waals surface area contributed by atoms with Gasteiger partial charge in [-0.05, 0) is 62.4 Å². The van der Waals surface area contributed by atoms with E-state index >= 15 is 0 Å². The normalized spacial score (nSPS) is 10.3. The van der Waals surface area contributed by atoms with Crippen molar-refractivity contribution in [3.8, 4) is 24.3 Å². The van der Waals surface area contributed by atoms with Gasteiger partial charge in [0, 0.05) is 12.1 Å². The Morgan fingerprint density at radius 3 is 2.03 bits per heavy atom. The van der Waals surface area contributed by atoms with Crippen LogP contribution in [0.1, 0.15) is 33.3 Å². The van der Waals surface area contributed by atoms with Crippen LogP contribution in [0.25, 0.3) is 0 Å². The lowest BCUT2D eigenvalue weighted by Crippen LogP contribution is -2.38. The maximum Gasteiger partial charge on any atom is 0.152 e. The fourth-order valence-corrected chi connectivity index (χ4v) is 2.30. The smallest absolute Gasteiger partial charge is 0.152 e. The quantitative estimate of drug-likeness (QED) is 0.207. The number of hydrogen-bond donors (Lipinski definition) is 2. The number of anilines is 1. The topological polar surface area (TPSA) is 95.3 Å². The van der Waals surface area contributed by atoms with E-state index < -0.39 is 0 Å². The summed E-state index contributed by atoms with van der Waals surface area (Å²) < 4.78 is 16.3. The van der Waals surface area contributed by atoms with Crippen LogP contribution in [-0.2, 0) is 4.74 Å². The van der Waals surface area contributed by atoms with Gasteiger partial charge in [-0.1, -0.05) is 13.8 Å². The number of rotatable bonds is 9. The Morgan fingerprint density at radius 2 is 1.55 bits per heavy atom. The average molecular weight is 429 g/mol. The van der Waals surface area contributed by atoms with E-state index in [9.17, 15) is 0 Å². The fraction of sp³-hybridized carbons (Fsp3) is 0.375. The van der Waals surface area contributed by atoms with Crippen molar-refractivity contribution in [3.05, 3.63) is 54.1 Å². The van der Waals surface area contributed by atoms with Gasteiger partial charge in [0.1, 0.15) is 24.8 Å². The molecule has 4 N–H and O–H groups in total. The molecular weight excluding hydrogens is 392 g/mol. The van der Waals surface area contributed by atoms with Gasteiger partial charge in [0.05, 0.1) is 18.9 Å². The molecule has 0 atom stereocenters.